The highest BCUT2D eigenvalue weighted by molar-refractivity contribution is 5.82. The van der Waals surface area contributed by atoms with Crippen LogP contribution in [0.15, 0.2) is 18.2 Å². The number of hydrogen-bond donors (Lipinski definition) is 2. The minimum Gasteiger partial charge on any atom is -0.485 e. The van der Waals surface area contributed by atoms with Crippen LogP contribution in [0.1, 0.15) is 18.1 Å². The first-order chi connectivity index (χ1) is 7.93. The highest BCUT2D eigenvalue weighted by Crippen LogP contribution is 2.22. The van der Waals surface area contributed by atoms with Crippen LogP contribution in [0.4, 0.5) is 0 Å². The Bertz CT molecular complexity index is 381. The highest BCUT2D eigenvalue weighted by atomic mass is 16.5. The van der Waals surface area contributed by atoms with Crippen LogP contribution in [0.25, 0.3) is 0 Å². The van der Waals surface area contributed by atoms with Gasteiger partial charge in [-0.1, -0.05) is 25.1 Å². The van der Waals surface area contributed by atoms with E-state index in [1.165, 1.54) is 0 Å². The maximum atomic E-state index is 11.6. The van der Waals surface area contributed by atoms with Crippen molar-refractivity contribution >= 4 is 5.78 Å². The van der Waals surface area contributed by atoms with Crippen molar-refractivity contribution < 1.29 is 14.6 Å². The largest absolute Gasteiger partial charge is 0.485 e. The first kappa shape index (κ1) is 13.7. The number of hydrogen-bond acceptors (Lipinski definition) is 4. The minimum absolute atomic E-state index is 0.0683. The van der Waals surface area contributed by atoms with E-state index in [0.29, 0.717) is 0 Å². The Kier molecular flexibility index (Phi) is 4.66. The molecule has 0 amide bonds. The minimum atomic E-state index is -1.14. The lowest BCUT2D eigenvalue weighted by Crippen LogP contribution is -2.35. The second kappa shape index (κ2) is 5.80. The highest BCUT2D eigenvalue weighted by Gasteiger charge is 2.19. The quantitative estimate of drug-likeness (QED) is 0.754. The fourth-order valence-electron chi connectivity index (χ4n) is 1.49. The van der Waals surface area contributed by atoms with E-state index in [1.54, 1.807) is 6.92 Å². The lowest BCUT2D eigenvalue weighted by Gasteiger charge is -2.15. The summed E-state index contributed by atoms with van der Waals surface area (Å²) in [5, 5.41) is 9.10. The first-order valence-electron chi connectivity index (χ1n) is 5.59. The van der Waals surface area contributed by atoms with Gasteiger partial charge < -0.3 is 15.6 Å². The third kappa shape index (κ3) is 3.54. The van der Waals surface area contributed by atoms with Crippen molar-refractivity contribution in [1.29, 1.82) is 0 Å². The molecule has 0 radical (unpaired) electrons. The smallest absolute Gasteiger partial charge is 0.176 e. The predicted molar refractivity (Wildman–Crippen MR) is 65.8 cm³/mol. The molecule has 1 unspecified atom stereocenters. The standard InChI is InChI=1S/C13H19NO3/c1-8-5-4-6-9(2)12(8)17-7-11(15)10(3)13(14)16/h4-6,10,13,16H,7,14H2,1-3H3/t10?,13-/m1/s1. The molecule has 1 rings (SSSR count). The average Bonchev–Trinajstić information content (AvgIpc) is 2.26. The number of rotatable bonds is 5. The van der Waals surface area contributed by atoms with E-state index >= 15 is 0 Å². The SMILES string of the molecule is Cc1cccc(C)c1OCC(=O)C(C)[C@H](N)O. The van der Waals surface area contributed by atoms with E-state index < -0.39 is 12.1 Å². The average molecular weight is 237 g/mol. The Balaban J connectivity index is 2.65. The summed E-state index contributed by atoms with van der Waals surface area (Å²) in [6, 6.07) is 5.79. The molecule has 0 saturated heterocycles. The van der Waals surface area contributed by atoms with Crippen molar-refractivity contribution in [3.05, 3.63) is 29.3 Å². The molecule has 0 saturated carbocycles. The number of para-hydroxylation sites is 1. The van der Waals surface area contributed by atoms with Gasteiger partial charge in [-0.15, -0.1) is 0 Å². The Morgan fingerprint density at radius 3 is 2.41 bits per heavy atom. The van der Waals surface area contributed by atoms with Crippen LogP contribution in [-0.4, -0.2) is 23.7 Å². The number of aryl methyl sites for hydroxylation is 2. The van der Waals surface area contributed by atoms with Crippen LogP contribution in [-0.2, 0) is 4.79 Å². The van der Waals surface area contributed by atoms with E-state index in [2.05, 4.69) is 0 Å². The molecule has 0 fully saturated rings. The maximum Gasteiger partial charge on any atom is 0.176 e. The van der Waals surface area contributed by atoms with Crippen molar-refractivity contribution in [2.24, 2.45) is 11.7 Å². The Hall–Kier alpha value is -1.39. The number of aliphatic hydroxyl groups excluding tert-OH is 1. The molecule has 0 aliphatic carbocycles. The first-order valence-corrected chi connectivity index (χ1v) is 5.59. The lowest BCUT2D eigenvalue weighted by molar-refractivity contribution is -0.127. The van der Waals surface area contributed by atoms with Crippen molar-refractivity contribution in [2.75, 3.05) is 6.61 Å². The molecule has 17 heavy (non-hydrogen) atoms. The van der Waals surface area contributed by atoms with E-state index in [0.717, 1.165) is 16.9 Å². The van der Waals surface area contributed by atoms with Gasteiger partial charge in [0.05, 0.1) is 5.92 Å². The zero-order chi connectivity index (χ0) is 13.0. The van der Waals surface area contributed by atoms with Gasteiger partial charge in [0, 0.05) is 0 Å². The van der Waals surface area contributed by atoms with Crippen LogP contribution in [0.5, 0.6) is 5.75 Å². The maximum absolute atomic E-state index is 11.6. The molecule has 0 aliphatic heterocycles. The van der Waals surface area contributed by atoms with Gasteiger partial charge in [-0.25, -0.2) is 0 Å². The Morgan fingerprint density at radius 2 is 1.94 bits per heavy atom. The molecule has 0 spiro atoms. The lowest BCUT2D eigenvalue weighted by atomic mass is 10.1. The number of aliphatic hydroxyl groups is 1. The number of carbonyl (C=O) groups excluding carboxylic acids is 1. The molecule has 2 atom stereocenters. The molecule has 4 nitrogen and oxygen atoms in total. The zero-order valence-electron chi connectivity index (χ0n) is 10.4. The third-order valence-corrected chi connectivity index (χ3v) is 2.79. The number of nitrogens with two attached hydrogens (primary N) is 1. The van der Waals surface area contributed by atoms with Crippen molar-refractivity contribution in [2.45, 2.75) is 27.0 Å². The fraction of sp³-hybridized carbons (Fsp3) is 0.462. The molecular formula is C13H19NO3. The van der Waals surface area contributed by atoms with E-state index in [9.17, 15) is 4.79 Å². The predicted octanol–water partition coefficient (Wildman–Crippen LogP) is 1.16. The van der Waals surface area contributed by atoms with E-state index in [-0.39, 0.29) is 12.4 Å². The number of carbonyl (C=O) groups is 1. The third-order valence-electron chi connectivity index (χ3n) is 2.79. The molecule has 1 aromatic rings. The summed E-state index contributed by atoms with van der Waals surface area (Å²) in [5.41, 5.74) is 7.21. The van der Waals surface area contributed by atoms with Gasteiger partial charge in [0.15, 0.2) is 5.78 Å². The summed E-state index contributed by atoms with van der Waals surface area (Å²) in [7, 11) is 0. The summed E-state index contributed by atoms with van der Waals surface area (Å²) in [4.78, 5) is 11.6. The number of Topliss-reactive ketones (excluding diaryl/α,β-unsaturated/α-hetero) is 1. The van der Waals surface area contributed by atoms with Crippen molar-refractivity contribution in [1.82, 2.24) is 0 Å². The van der Waals surface area contributed by atoms with E-state index in [1.807, 2.05) is 32.0 Å². The Labute approximate surface area is 101 Å². The van der Waals surface area contributed by atoms with Gasteiger partial charge in [-0.05, 0) is 25.0 Å². The van der Waals surface area contributed by atoms with Crippen LogP contribution in [0.3, 0.4) is 0 Å². The van der Waals surface area contributed by atoms with Gasteiger partial charge in [-0.3, -0.25) is 4.79 Å². The van der Waals surface area contributed by atoms with Crippen LogP contribution in [0, 0.1) is 19.8 Å². The molecular weight excluding hydrogens is 218 g/mol. The number of benzene rings is 1. The molecule has 0 aromatic heterocycles. The van der Waals surface area contributed by atoms with Crippen LogP contribution >= 0.6 is 0 Å². The Morgan fingerprint density at radius 1 is 1.41 bits per heavy atom. The molecule has 0 aliphatic rings. The number of ketones is 1. The summed E-state index contributed by atoms with van der Waals surface area (Å²) in [5.74, 6) is -0.0958. The zero-order valence-corrected chi connectivity index (χ0v) is 10.4. The molecule has 4 heteroatoms. The molecule has 94 valence electrons. The summed E-state index contributed by atoms with van der Waals surface area (Å²) in [6.07, 6.45) is -1.14. The van der Waals surface area contributed by atoms with Gasteiger partial charge in [0.25, 0.3) is 0 Å². The second-order valence-electron chi connectivity index (χ2n) is 4.26. The number of ether oxygens (including phenoxy) is 1. The van der Waals surface area contributed by atoms with Crippen molar-refractivity contribution in [3.63, 3.8) is 0 Å². The normalized spacial score (nSPS) is 14.2. The van der Waals surface area contributed by atoms with Gasteiger partial charge in [0.1, 0.15) is 18.6 Å². The molecule has 3 N–H and O–H groups in total. The van der Waals surface area contributed by atoms with E-state index in [4.69, 9.17) is 15.6 Å². The fourth-order valence-corrected chi connectivity index (χ4v) is 1.49. The van der Waals surface area contributed by atoms with Gasteiger partial charge in [0.2, 0.25) is 0 Å². The topological polar surface area (TPSA) is 72.5 Å². The van der Waals surface area contributed by atoms with Gasteiger partial charge >= 0.3 is 0 Å². The molecule has 1 aromatic carbocycles. The van der Waals surface area contributed by atoms with Gasteiger partial charge in [-0.2, -0.15) is 0 Å². The van der Waals surface area contributed by atoms with Crippen LogP contribution < -0.4 is 10.5 Å². The van der Waals surface area contributed by atoms with Crippen molar-refractivity contribution in [3.8, 4) is 5.75 Å². The summed E-state index contributed by atoms with van der Waals surface area (Å²) < 4.78 is 5.48. The molecule has 0 heterocycles. The second-order valence-corrected chi connectivity index (χ2v) is 4.26. The monoisotopic (exact) mass is 237 g/mol. The van der Waals surface area contributed by atoms with Crippen LogP contribution in [0.2, 0.25) is 0 Å². The molecule has 0 bridgehead atoms. The summed E-state index contributed by atoms with van der Waals surface area (Å²) >= 11 is 0. The summed E-state index contributed by atoms with van der Waals surface area (Å²) in [6.45, 7) is 5.37.